The minimum absolute atomic E-state index is 0.199. The molecule has 2 unspecified atom stereocenters. The highest BCUT2D eigenvalue weighted by Gasteiger charge is 2.26. The monoisotopic (exact) mass is 384 g/mol. The summed E-state index contributed by atoms with van der Waals surface area (Å²) in [7, 11) is 3.73. The summed E-state index contributed by atoms with van der Waals surface area (Å²) in [6.07, 6.45) is 1.30. The molecule has 5 heteroatoms. The first-order valence-electron chi connectivity index (χ1n) is 9.89. The van der Waals surface area contributed by atoms with Crippen molar-refractivity contribution in [3.63, 3.8) is 0 Å². The lowest BCUT2D eigenvalue weighted by molar-refractivity contribution is 0.0366. The molecule has 5 nitrogen and oxygen atoms in total. The molecule has 0 amide bonds. The summed E-state index contributed by atoms with van der Waals surface area (Å²) in [6.45, 7) is 6.42. The van der Waals surface area contributed by atoms with Crippen molar-refractivity contribution in [1.29, 1.82) is 0 Å². The molecule has 0 spiro atoms. The van der Waals surface area contributed by atoms with Crippen molar-refractivity contribution in [3.05, 3.63) is 52.6 Å². The van der Waals surface area contributed by atoms with Crippen molar-refractivity contribution in [2.45, 2.75) is 39.4 Å². The first-order chi connectivity index (χ1) is 13.4. The van der Waals surface area contributed by atoms with Crippen molar-refractivity contribution < 1.29 is 14.6 Å². The van der Waals surface area contributed by atoms with E-state index in [0.717, 1.165) is 37.1 Å². The van der Waals surface area contributed by atoms with Gasteiger partial charge < -0.3 is 25.2 Å². The van der Waals surface area contributed by atoms with Gasteiger partial charge in [0.1, 0.15) is 6.61 Å². The Morgan fingerprint density at radius 3 is 2.75 bits per heavy atom. The topological polar surface area (TPSA) is 68.0 Å². The van der Waals surface area contributed by atoms with E-state index >= 15 is 0 Å². The molecule has 3 rings (SSSR count). The van der Waals surface area contributed by atoms with Gasteiger partial charge in [0.2, 0.25) is 0 Å². The molecule has 152 valence electrons. The molecule has 1 heterocycles. The molecule has 2 atom stereocenters. The number of methoxy groups -OCH3 is 1. The molecule has 3 N–H and O–H groups in total. The van der Waals surface area contributed by atoms with E-state index in [4.69, 9.17) is 15.2 Å². The Kier molecular flexibility index (Phi) is 6.47. The molecule has 0 bridgehead atoms. The van der Waals surface area contributed by atoms with Gasteiger partial charge in [-0.25, -0.2) is 0 Å². The van der Waals surface area contributed by atoms with Gasteiger partial charge in [-0.15, -0.1) is 0 Å². The maximum Gasteiger partial charge on any atom is 0.184 e. The number of nitrogen functional groups attached to an aromatic ring is 1. The molecule has 2 aromatic rings. The van der Waals surface area contributed by atoms with Crippen LogP contribution in [0.3, 0.4) is 0 Å². The number of rotatable bonds is 6. The van der Waals surface area contributed by atoms with Gasteiger partial charge in [0.15, 0.2) is 11.5 Å². The fourth-order valence-electron chi connectivity index (χ4n) is 3.92. The van der Waals surface area contributed by atoms with Crippen LogP contribution in [0.25, 0.3) is 0 Å². The van der Waals surface area contributed by atoms with Crippen LogP contribution in [0, 0.1) is 19.8 Å². The molecular formula is C23H32N2O3. The minimum atomic E-state index is -0.274. The molecule has 1 aliphatic heterocycles. The Bertz CT molecular complexity index is 822. The standard InChI is InChI=1S/C23H32N2O3/c1-15-5-6-16(2)19(9-15)14-28-23-20(24)11-17(12-22(23)27-4)10-18-13-25(3)8-7-21(18)26/h5-6,9,11-12,18,21,26H,7-8,10,13-14,24H2,1-4H3. The summed E-state index contributed by atoms with van der Waals surface area (Å²) >= 11 is 0. The van der Waals surface area contributed by atoms with Gasteiger partial charge in [0, 0.05) is 19.0 Å². The molecule has 0 saturated carbocycles. The van der Waals surface area contributed by atoms with Crippen LogP contribution in [0.4, 0.5) is 5.69 Å². The lowest BCUT2D eigenvalue weighted by atomic mass is 9.88. The number of aliphatic hydroxyl groups is 1. The number of nitrogens with two attached hydrogens (primary N) is 1. The summed E-state index contributed by atoms with van der Waals surface area (Å²) in [5.74, 6) is 1.41. The third kappa shape index (κ3) is 4.78. The second-order valence-electron chi connectivity index (χ2n) is 8.02. The highest BCUT2D eigenvalue weighted by atomic mass is 16.5. The van der Waals surface area contributed by atoms with Gasteiger partial charge in [-0.2, -0.15) is 0 Å². The Hall–Kier alpha value is -2.24. The summed E-state index contributed by atoms with van der Waals surface area (Å²) < 4.78 is 11.6. The zero-order valence-electron chi connectivity index (χ0n) is 17.4. The number of benzene rings is 2. The van der Waals surface area contributed by atoms with E-state index in [-0.39, 0.29) is 12.0 Å². The second kappa shape index (κ2) is 8.84. The summed E-state index contributed by atoms with van der Waals surface area (Å²) in [6, 6.07) is 10.3. The number of aryl methyl sites for hydroxylation is 2. The lowest BCUT2D eigenvalue weighted by Crippen LogP contribution is -2.41. The van der Waals surface area contributed by atoms with E-state index in [1.807, 2.05) is 12.1 Å². The predicted molar refractivity (Wildman–Crippen MR) is 113 cm³/mol. The molecule has 0 aliphatic carbocycles. The summed E-state index contributed by atoms with van der Waals surface area (Å²) in [5.41, 5.74) is 11.5. The smallest absolute Gasteiger partial charge is 0.184 e. The second-order valence-corrected chi connectivity index (χ2v) is 8.02. The van der Waals surface area contributed by atoms with Crippen molar-refractivity contribution in [2.75, 3.05) is 33.0 Å². The Morgan fingerprint density at radius 1 is 1.21 bits per heavy atom. The van der Waals surface area contributed by atoms with Gasteiger partial charge in [-0.1, -0.05) is 23.8 Å². The van der Waals surface area contributed by atoms with Crippen molar-refractivity contribution in [3.8, 4) is 11.5 Å². The van der Waals surface area contributed by atoms with Crippen LogP contribution in [0.2, 0.25) is 0 Å². The maximum absolute atomic E-state index is 10.3. The zero-order valence-corrected chi connectivity index (χ0v) is 17.4. The third-order valence-electron chi connectivity index (χ3n) is 5.63. The van der Waals surface area contributed by atoms with E-state index in [1.165, 1.54) is 11.1 Å². The molecule has 0 aromatic heterocycles. The fraction of sp³-hybridized carbons (Fsp3) is 0.478. The van der Waals surface area contributed by atoms with Crippen molar-refractivity contribution in [1.82, 2.24) is 4.90 Å². The number of ether oxygens (including phenoxy) is 2. The van der Waals surface area contributed by atoms with Crippen LogP contribution >= 0.6 is 0 Å². The normalized spacial score (nSPS) is 20.2. The SMILES string of the molecule is COc1cc(CC2CN(C)CCC2O)cc(N)c1OCc1cc(C)ccc1C. The van der Waals surface area contributed by atoms with Crippen LogP contribution < -0.4 is 15.2 Å². The summed E-state index contributed by atoms with van der Waals surface area (Å²) in [5, 5.41) is 10.3. The van der Waals surface area contributed by atoms with E-state index in [9.17, 15) is 5.11 Å². The maximum atomic E-state index is 10.3. The van der Waals surface area contributed by atoms with Crippen LogP contribution in [0.15, 0.2) is 30.3 Å². The van der Waals surface area contributed by atoms with E-state index in [2.05, 4.69) is 44.0 Å². The van der Waals surface area contributed by atoms with E-state index in [1.54, 1.807) is 7.11 Å². The Balaban J connectivity index is 1.76. The number of likely N-dealkylation sites (tertiary alicyclic amines) is 1. The van der Waals surface area contributed by atoms with Gasteiger partial charge in [-0.3, -0.25) is 0 Å². The van der Waals surface area contributed by atoms with Gasteiger partial charge in [-0.05, 0) is 62.6 Å². The fourth-order valence-corrected chi connectivity index (χ4v) is 3.92. The Morgan fingerprint density at radius 2 is 2.00 bits per heavy atom. The quantitative estimate of drug-likeness (QED) is 0.748. The summed E-state index contributed by atoms with van der Waals surface area (Å²) in [4.78, 5) is 2.26. The first kappa shape index (κ1) is 20.5. The lowest BCUT2D eigenvalue weighted by Gasteiger charge is -2.34. The average Bonchev–Trinajstić information content (AvgIpc) is 2.66. The Labute approximate surface area is 168 Å². The highest BCUT2D eigenvalue weighted by Crippen LogP contribution is 2.37. The minimum Gasteiger partial charge on any atom is -0.493 e. The van der Waals surface area contributed by atoms with Crippen molar-refractivity contribution in [2.24, 2.45) is 5.92 Å². The predicted octanol–water partition coefficient (Wildman–Crippen LogP) is 3.33. The highest BCUT2D eigenvalue weighted by molar-refractivity contribution is 5.62. The molecule has 28 heavy (non-hydrogen) atoms. The van der Waals surface area contributed by atoms with E-state index in [0.29, 0.717) is 23.8 Å². The van der Waals surface area contributed by atoms with Crippen molar-refractivity contribution >= 4 is 5.69 Å². The van der Waals surface area contributed by atoms with Gasteiger partial charge in [0.05, 0.1) is 18.9 Å². The number of aliphatic hydroxyl groups excluding tert-OH is 1. The zero-order chi connectivity index (χ0) is 20.3. The van der Waals surface area contributed by atoms with Crippen LogP contribution in [0.5, 0.6) is 11.5 Å². The number of nitrogens with zero attached hydrogens (tertiary/aromatic N) is 1. The molecular weight excluding hydrogens is 352 g/mol. The molecule has 1 aliphatic rings. The number of piperidine rings is 1. The van der Waals surface area contributed by atoms with Gasteiger partial charge in [0.25, 0.3) is 0 Å². The number of anilines is 1. The number of hydrogen-bond donors (Lipinski definition) is 2. The van der Waals surface area contributed by atoms with Crippen LogP contribution in [-0.2, 0) is 13.0 Å². The molecule has 2 aromatic carbocycles. The first-order valence-corrected chi connectivity index (χ1v) is 9.89. The average molecular weight is 385 g/mol. The van der Waals surface area contributed by atoms with Crippen LogP contribution in [0.1, 0.15) is 28.7 Å². The molecule has 0 radical (unpaired) electrons. The van der Waals surface area contributed by atoms with E-state index < -0.39 is 0 Å². The van der Waals surface area contributed by atoms with Crippen LogP contribution in [-0.4, -0.2) is 43.4 Å². The largest absolute Gasteiger partial charge is 0.493 e. The number of hydrogen-bond acceptors (Lipinski definition) is 5. The third-order valence-corrected chi connectivity index (χ3v) is 5.63. The van der Waals surface area contributed by atoms with Gasteiger partial charge >= 0.3 is 0 Å². The molecule has 1 fully saturated rings. The molecule has 1 saturated heterocycles.